The van der Waals surface area contributed by atoms with Gasteiger partial charge in [-0.1, -0.05) is 147 Å². The number of nitrogens with zero attached hydrogens (tertiary/aromatic N) is 3. The van der Waals surface area contributed by atoms with Crippen molar-refractivity contribution in [1.82, 2.24) is 14.5 Å². The van der Waals surface area contributed by atoms with Crippen LogP contribution in [-0.2, 0) is 5.41 Å². The van der Waals surface area contributed by atoms with Crippen LogP contribution in [0.25, 0.3) is 94.8 Å². The molecule has 0 radical (unpaired) electrons. The van der Waals surface area contributed by atoms with Crippen molar-refractivity contribution in [2.75, 3.05) is 0 Å². The van der Waals surface area contributed by atoms with Crippen LogP contribution in [0.2, 0.25) is 0 Å². The second kappa shape index (κ2) is 12.0. The number of benzene rings is 7. The summed E-state index contributed by atoms with van der Waals surface area (Å²) in [6.07, 6.45) is 0. The first-order valence-corrected chi connectivity index (χ1v) is 18.8. The van der Waals surface area contributed by atoms with Gasteiger partial charge in [-0.2, -0.15) is 0 Å². The van der Waals surface area contributed by atoms with Gasteiger partial charge in [0.05, 0.1) is 28.1 Å². The second-order valence-electron chi connectivity index (χ2n) is 15.0. The molecule has 3 heterocycles. The number of hydrogen-bond acceptors (Lipinski definition) is 3. The Kier molecular flexibility index (Phi) is 6.86. The van der Waals surface area contributed by atoms with Gasteiger partial charge in [-0.25, -0.2) is 9.97 Å². The Hall–Kier alpha value is -7.04. The summed E-state index contributed by atoms with van der Waals surface area (Å²) in [6.45, 7) is 4.65. The molecule has 0 amide bonds. The molecule has 4 heteroatoms. The maximum atomic E-state index is 6.22. The predicted octanol–water partition coefficient (Wildman–Crippen LogP) is 13.3. The lowest BCUT2D eigenvalue weighted by molar-refractivity contribution is 0.631. The van der Waals surface area contributed by atoms with Crippen LogP contribution < -0.4 is 0 Å². The first-order valence-electron chi connectivity index (χ1n) is 18.8. The van der Waals surface area contributed by atoms with Crippen LogP contribution in [0, 0.1) is 0 Å². The van der Waals surface area contributed by atoms with Crippen molar-refractivity contribution in [3.8, 4) is 62.0 Å². The van der Waals surface area contributed by atoms with E-state index in [4.69, 9.17) is 14.4 Å². The largest absolute Gasteiger partial charge is 0.456 e. The van der Waals surface area contributed by atoms with Gasteiger partial charge in [-0.05, 0) is 64.7 Å². The van der Waals surface area contributed by atoms with Crippen molar-refractivity contribution in [2.45, 2.75) is 19.3 Å². The highest BCUT2D eigenvalue weighted by atomic mass is 16.3. The predicted molar refractivity (Wildman–Crippen MR) is 225 cm³/mol. The van der Waals surface area contributed by atoms with Gasteiger partial charge < -0.3 is 8.98 Å². The van der Waals surface area contributed by atoms with E-state index in [-0.39, 0.29) is 5.41 Å². The fraction of sp³-hybridized carbons (Fsp3) is 0.0588. The SMILES string of the molecule is CC1(C)c2ccccc2-c2c(-c3cc(-c4ccc(-c5cc6ccccc6o5)cc4)nc(-c4ccccc4-n4c5ccccc5c5ccccc54)n3)cccc21. The molecular weight excluding hydrogens is 671 g/mol. The molecule has 0 unspecified atom stereocenters. The van der Waals surface area contributed by atoms with Crippen molar-refractivity contribution >= 4 is 32.8 Å². The van der Waals surface area contributed by atoms with Gasteiger partial charge in [0, 0.05) is 43.8 Å². The van der Waals surface area contributed by atoms with Crippen LogP contribution >= 0.6 is 0 Å². The van der Waals surface area contributed by atoms with E-state index in [1.807, 2.05) is 18.2 Å². The fourth-order valence-corrected chi connectivity index (χ4v) is 8.79. The van der Waals surface area contributed by atoms with E-state index in [1.54, 1.807) is 0 Å². The Morgan fingerprint density at radius 1 is 0.491 bits per heavy atom. The second-order valence-corrected chi connectivity index (χ2v) is 15.0. The molecule has 4 nitrogen and oxygen atoms in total. The van der Waals surface area contributed by atoms with E-state index < -0.39 is 0 Å². The zero-order valence-corrected chi connectivity index (χ0v) is 30.5. The first kappa shape index (κ1) is 31.5. The third-order valence-electron chi connectivity index (χ3n) is 11.5. The monoisotopic (exact) mass is 705 g/mol. The third-order valence-corrected chi connectivity index (χ3v) is 11.5. The first-order chi connectivity index (χ1) is 27.0. The van der Waals surface area contributed by atoms with Crippen molar-refractivity contribution in [1.29, 1.82) is 0 Å². The van der Waals surface area contributed by atoms with Gasteiger partial charge in [-0.3, -0.25) is 0 Å². The number of para-hydroxylation sites is 4. The molecule has 0 saturated carbocycles. The molecule has 0 aliphatic heterocycles. The summed E-state index contributed by atoms with van der Waals surface area (Å²) in [7, 11) is 0. The molecule has 3 aromatic heterocycles. The minimum absolute atomic E-state index is 0.129. The number of hydrogen-bond donors (Lipinski definition) is 0. The zero-order chi connectivity index (χ0) is 36.7. The van der Waals surface area contributed by atoms with Crippen molar-refractivity contribution < 1.29 is 4.42 Å². The quantitative estimate of drug-likeness (QED) is 0.179. The van der Waals surface area contributed by atoms with Crippen molar-refractivity contribution in [3.05, 3.63) is 187 Å². The number of aromatic nitrogens is 3. The fourth-order valence-electron chi connectivity index (χ4n) is 8.79. The molecule has 0 atom stereocenters. The van der Waals surface area contributed by atoms with Crippen LogP contribution in [0.15, 0.2) is 180 Å². The van der Waals surface area contributed by atoms with Crippen LogP contribution in [0.1, 0.15) is 25.0 Å². The summed E-state index contributed by atoms with van der Waals surface area (Å²) in [5, 5.41) is 3.52. The summed E-state index contributed by atoms with van der Waals surface area (Å²) in [6, 6.07) is 62.2. The molecule has 55 heavy (non-hydrogen) atoms. The standard InChI is InChI=1S/C51H35N3O/c1-51(2)40-20-8-4-17-37(40)49-38(19-13-21-41(49)51)43-31-42(32-26-28-33(29-27-32)48-30-34-14-3-12-25-47(34)55-48)52-50(53-43)39-18-7-11-24-46(39)54-44-22-9-5-15-35(44)36-16-6-10-23-45(36)54/h3-31H,1-2H3. The summed E-state index contributed by atoms with van der Waals surface area (Å²) >= 11 is 0. The Morgan fingerprint density at radius 2 is 1.09 bits per heavy atom. The highest BCUT2D eigenvalue weighted by Crippen LogP contribution is 2.52. The molecule has 7 aromatic carbocycles. The highest BCUT2D eigenvalue weighted by molar-refractivity contribution is 6.09. The molecule has 0 N–H and O–H groups in total. The minimum atomic E-state index is -0.129. The molecule has 11 rings (SSSR count). The van der Waals surface area contributed by atoms with Crippen LogP contribution in [-0.4, -0.2) is 14.5 Å². The molecule has 1 aliphatic carbocycles. The average molecular weight is 706 g/mol. The van der Waals surface area contributed by atoms with Crippen molar-refractivity contribution in [2.24, 2.45) is 0 Å². The molecular formula is C51H35N3O. The van der Waals surface area contributed by atoms with E-state index in [1.165, 1.54) is 33.0 Å². The van der Waals surface area contributed by atoms with E-state index in [9.17, 15) is 0 Å². The van der Waals surface area contributed by atoms with Crippen molar-refractivity contribution in [3.63, 3.8) is 0 Å². The highest BCUT2D eigenvalue weighted by Gasteiger charge is 2.37. The maximum absolute atomic E-state index is 6.22. The average Bonchev–Trinajstić information content (AvgIpc) is 3.90. The lowest BCUT2D eigenvalue weighted by atomic mass is 9.82. The van der Waals surface area contributed by atoms with Gasteiger partial charge in [0.25, 0.3) is 0 Å². The normalized spacial score (nSPS) is 13.1. The molecule has 0 bridgehead atoms. The number of fused-ring (bicyclic) bond motifs is 7. The van der Waals surface area contributed by atoms with Crippen LogP contribution in [0.4, 0.5) is 0 Å². The molecule has 0 saturated heterocycles. The topological polar surface area (TPSA) is 43.9 Å². The Bertz CT molecular complexity index is 3040. The number of rotatable bonds is 5. The lowest BCUT2D eigenvalue weighted by Crippen LogP contribution is -2.14. The third kappa shape index (κ3) is 4.85. The van der Waals surface area contributed by atoms with Gasteiger partial charge in [-0.15, -0.1) is 0 Å². The molecule has 260 valence electrons. The molecule has 0 spiro atoms. The Labute approximate surface area is 319 Å². The van der Waals surface area contributed by atoms with E-state index in [0.29, 0.717) is 5.82 Å². The molecule has 10 aromatic rings. The van der Waals surface area contributed by atoms with E-state index in [0.717, 1.165) is 67.1 Å². The summed E-state index contributed by atoms with van der Waals surface area (Å²) in [5.41, 5.74) is 15.1. The van der Waals surface area contributed by atoms with E-state index in [2.05, 4.69) is 176 Å². The molecule has 1 aliphatic rings. The smallest absolute Gasteiger partial charge is 0.162 e. The summed E-state index contributed by atoms with van der Waals surface area (Å²) < 4.78 is 8.58. The summed E-state index contributed by atoms with van der Waals surface area (Å²) in [5.74, 6) is 1.52. The van der Waals surface area contributed by atoms with Crippen LogP contribution in [0.5, 0.6) is 0 Å². The Morgan fingerprint density at radius 3 is 1.87 bits per heavy atom. The van der Waals surface area contributed by atoms with E-state index >= 15 is 0 Å². The zero-order valence-electron chi connectivity index (χ0n) is 30.5. The minimum Gasteiger partial charge on any atom is -0.456 e. The van der Waals surface area contributed by atoms with Gasteiger partial charge in [0.15, 0.2) is 5.82 Å². The summed E-state index contributed by atoms with van der Waals surface area (Å²) in [4.78, 5) is 10.9. The van der Waals surface area contributed by atoms with Crippen LogP contribution in [0.3, 0.4) is 0 Å². The van der Waals surface area contributed by atoms with Gasteiger partial charge in [0.1, 0.15) is 11.3 Å². The molecule has 0 fully saturated rings. The Balaban J connectivity index is 1.14. The van der Waals surface area contributed by atoms with Gasteiger partial charge in [0.2, 0.25) is 0 Å². The maximum Gasteiger partial charge on any atom is 0.162 e. The lowest BCUT2D eigenvalue weighted by Gasteiger charge is -2.21. The van der Waals surface area contributed by atoms with Gasteiger partial charge >= 0.3 is 0 Å². The number of furan rings is 1.